The summed E-state index contributed by atoms with van der Waals surface area (Å²) in [5.74, 6) is 7.27. The molecule has 4 nitrogen and oxygen atoms in total. The van der Waals surface area contributed by atoms with Crippen molar-refractivity contribution < 1.29 is 4.74 Å². The van der Waals surface area contributed by atoms with E-state index in [1.807, 2.05) is 10.9 Å². The van der Waals surface area contributed by atoms with Crippen molar-refractivity contribution in [2.24, 2.45) is 5.92 Å². The topological polar surface area (TPSA) is 39.9 Å². The molecule has 25 heavy (non-hydrogen) atoms. The molecule has 0 bridgehead atoms. The molecule has 0 amide bonds. The highest BCUT2D eigenvalue weighted by atomic mass is 16.5. The second kappa shape index (κ2) is 7.41. The van der Waals surface area contributed by atoms with Crippen LogP contribution in [0.2, 0.25) is 0 Å². The standard InChI is InChI=1S/C21H25N3O/c1-2-18-11-10-17(9-8-16-6-7-16)13-20(18)21-15-24(23-22-21)14-19-5-3-4-12-25-19/h10-11,13,15-16,19H,2-7,12,14H2,1H3. The fourth-order valence-electron chi connectivity index (χ4n) is 3.29. The van der Waals surface area contributed by atoms with E-state index in [0.717, 1.165) is 42.8 Å². The Labute approximate surface area is 149 Å². The molecular formula is C21H25N3O. The molecule has 0 N–H and O–H groups in total. The Bertz CT molecular complexity index is 789. The fourth-order valence-corrected chi connectivity index (χ4v) is 3.29. The molecule has 1 aliphatic heterocycles. The first-order valence-corrected chi connectivity index (χ1v) is 9.48. The normalized spacial score (nSPS) is 20.1. The van der Waals surface area contributed by atoms with E-state index in [2.05, 4.69) is 47.3 Å². The molecule has 1 atom stereocenters. The molecule has 0 radical (unpaired) electrons. The zero-order valence-electron chi connectivity index (χ0n) is 14.9. The maximum atomic E-state index is 5.81. The fraction of sp³-hybridized carbons (Fsp3) is 0.524. The summed E-state index contributed by atoms with van der Waals surface area (Å²) in [7, 11) is 0. The summed E-state index contributed by atoms with van der Waals surface area (Å²) in [5, 5.41) is 8.75. The SMILES string of the molecule is CCc1ccc(C#CC2CC2)cc1-c1cn(CC2CCCCO2)nn1. The van der Waals surface area contributed by atoms with Gasteiger partial charge in [-0.2, -0.15) is 0 Å². The molecule has 4 rings (SSSR count). The minimum absolute atomic E-state index is 0.268. The predicted molar refractivity (Wildman–Crippen MR) is 98.0 cm³/mol. The monoisotopic (exact) mass is 335 g/mol. The van der Waals surface area contributed by atoms with Crippen LogP contribution in [-0.4, -0.2) is 27.7 Å². The highest BCUT2D eigenvalue weighted by Crippen LogP contribution is 2.28. The van der Waals surface area contributed by atoms with Crippen molar-refractivity contribution in [3.8, 4) is 23.1 Å². The second-order valence-electron chi connectivity index (χ2n) is 7.08. The minimum Gasteiger partial charge on any atom is -0.376 e. The number of benzene rings is 1. The summed E-state index contributed by atoms with van der Waals surface area (Å²) >= 11 is 0. The van der Waals surface area contributed by atoms with Gasteiger partial charge in [-0.15, -0.1) is 5.10 Å². The molecule has 1 aromatic heterocycles. The number of ether oxygens (including phenoxy) is 1. The van der Waals surface area contributed by atoms with Crippen LogP contribution in [0.15, 0.2) is 24.4 Å². The number of hydrogen-bond donors (Lipinski definition) is 0. The van der Waals surface area contributed by atoms with E-state index >= 15 is 0 Å². The van der Waals surface area contributed by atoms with Gasteiger partial charge in [0.15, 0.2) is 0 Å². The zero-order valence-corrected chi connectivity index (χ0v) is 14.9. The van der Waals surface area contributed by atoms with Crippen molar-refractivity contribution in [1.29, 1.82) is 0 Å². The Kier molecular flexibility index (Phi) is 4.85. The van der Waals surface area contributed by atoms with E-state index in [0.29, 0.717) is 5.92 Å². The Morgan fingerprint density at radius 1 is 1.24 bits per heavy atom. The van der Waals surface area contributed by atoms with Crippen LogP contribution in [0.3, 0.4) is 0 Å². The lowest BCUT2D eigenvalue weighted by atomic mass is 10.00. The van der Waals surface area contributed by atoms with E-state index in [-0.39, 0.29) is 6.10 Å². The summed E-state index contributed by atoms with van der Waals surface area (Å²) in [5.41, 5.74) is 4.45. The molecule has 4 heteroatoms. The van der Waals surface area contributed by atoms with Crippen molar-refractivity contribution in [3.05, 3.63) is 35.5 Å². The molecule has 130 valence electrons. The van der Waals surface area contributed by atoms with Crippen LogP contribution in [-0.2, 0) is 17.7 Å². The molecule has 1 unspecified atom stereocenters. The average Bonchev–Trinajstić information content (AvgIpc) is 3.38. The molecule has 2 fully saturated rings. The number of rotatable bonds is 4. The Balaban J connectivity index is 1.55. The molecule has 1 saturated heterocycles. The quantitative estimate of drug-likeness (QED) is 0.797. The smallest absolute Gasteiger partial charge is 0.113 e. The van der Waals surface area contributed by atoms with Gasteiger partial charge in [-0.25, -0.2) is 4.68 Å². The number of nitrogens with zero attached hydrogens (tertiary/aromatic N) is 3. The van der Waals surface area contributed by atoms with Gasteiger partial charge >= 0.3 is 0 Å². The lowest BCUT2D eigenvalue weighted by molar-refractivity contribution is 0.00370. The number of aryl methyl sites for hydroxylation is 1. The summed E-state index contributed by atoms with van der Waals surface area (Å²) in [4.78, 5) is 0. The lowest BCUT2D eigenvalue weighted by Gasteiger charge is -2.21. The van der Waals surface area contributed by atoms with Crippen LogP contribution in [0.25, 0.3) is 11.3 Å². The molecule has 2 heterocycles. The summed E-state index contributed by atoms with van der Waals surface area (Å²) in [6, 6.07) is 6.47. The molecule has 2 aliphatic rings. The minimum atomic E-state index is 0.268. The van der Waals surface area contributed by atoms with Gasteiger partial charge in [0.05, 0.1) is 18.8 Å². The van der Waals surface area contributed by atoms with Gasteiger partial charge in [-0.3, -0.25) is 0 Å². The molecule has 2 aromatic rings. The molecule has 0 spiro atoms. The molecule has 1 saturated carbocycles. The van der Waals surface area contributed by atoms with Gasteiger partial charge in [0.1, 0.15) is 5.69 Å². The van der Waals surface area contributed by atoms with E-state index < -0.39 is 0 Å². The first-order chi connectivity index (χ1) is 12.3. The van der Waals surface area contributed by atoms with E-state index in [1.165, 1.54) is 31.2 Å². The van der Waals surface area contributed by atoms with Crippen LogP contribution in [0.1, 0.15) is 50.2 Å². The van der Waals surface area contributed by atoms with E-state index in [1.54, 1.807) is 0 Å². The van der Waals surface area contributed by atoms with Crippen molar-refractivity contribution in [1.82, 2.24) is 15.0 Å². The summed E-state index contributed by atoms with van der Waals surface area (Å²) in [6.45, 7) is 3.83. The van der Waals surface area contributed by atoms with Gasteiger partial charge in [0.25, 0.3) is 0 Å². The predicted octanol–water partition coefficient (Wildman–Crippen LogP) is 3.84. The Hall–Kier alpha value is -2.12. The van der Waals surface area contributed by atoms with Gasteiger partial charge in [0.2, 0.25) is 0 Å². The lowest BCUT2D eigenvalue weighted by Crippen LogP contribution is -2.24. The van der Waals surface area contributed by atoms with Crippen LogP contribution in [0.4, 0.5) is 0 Å². The molecule has 1 aliphatic carbocycles. The summed E-state index contributed by atoms with van der Waals surface area (Å²) in [6.07, 6.45) is 9.33. The van der Waals surface area contributed by atoms with E-state index in [9.17, 15) is 0 Å². The van der Waals surface area contributed by atoms with Gasteiger partial charge in [0, 0.05) is 23.7 Å². The molecule has 1 aromatic carbocycles. The first-order valence-electron chi connectivity index (χ1n) is 9.48. The van der Waals surface area contributed by atoms with Crippen LogP contribution in [0, 0.1) is 17.8 Å². The van der Waals surface area contributed by atoms with Gasteiger partial charge < -0.3 is 4.74 Å². The maximum absolute atomic E-state index is 5.81. The third kappa shape index (κ3) is 4.11. The van der Waals surface area contributed by atoms with Gasteiger partial charge in [-0.05, 0) is 56.2 Å². The third-order valence-corrected chi connectivity index (χ3v) is 4.97. The zero-order chi connectivity index (χ0) is 17.1. The van der Waals surface area contributed by atoms with Crippen LogP contribution >= 0.6 is 0 Å². The average molecular weight is 335 g/mol. The largest absolute Gasteiger partial charge is 0.376 e. The van der Waals surface area contributed by atoms with E-state index in [4.69, 9.17) is 4.74 Å². The highest BCUT2D eigenvalue weighted by Gasteiger charge is 2.18. The maximum Gasteiger partial charge on any atom is 0.113 e. The third-order valence-electron chi connectivity index (χ3n) is 4.97. The van der Waals surface area contributed by atoms with Crippen molar-refractivity contribution in [2.45, 2.75) is 58.1 Å². The first kappa shape index (κ1) is 16.4. The van der Waals surface area contributed by atoms with Crippen LogP contribution in [0.5, 0.6) is 0 Å². The van der Waals surface area contributed by atoms with Crippen LogP contribution < -0.4 is 0 Å². The Morgan fingerprint density at radius 2 is 2.16 bits per heavy atom. The van der Waals surface area contributed by atoms with Crippen molar-refractivity contribution >= 4 is 0 Å². The van der Waals surface area contributed by atoms with Gasteiger partial charge in [-0.1, -0.05) is 30.0 Å². The number of hydrogen-bond acceptors (Lipinski definition) is 3. The van der Waals surface area contributed by atoms with Crippen molar-refractivity contribution in [3.63, 3.8) is 0 Å². The van der Waals surface area contributed by atoms with Crippen molar-refractivity contribution in [2.75, 3.05) is 6.61 Å². The highest BCUT2D eigenvalue weighted by molar-refractivity contribution is 5.65. The Morgan fingerprint density at radius 3 is 2.92 bits per heavy atom. The second-order valence-corrected chi connectivity index (χ2v) is 7.08. The number of aromatic nitrogens is 3. The molecular weight excluding hydrogens is 310 g/mol. The summed E-state index contributed by atoms with van der Waals surface area (Å²) < 4.78 is 7.74.